The third-order valence-electron chi connectivity index (χ3n) is 3.91. The number of hydrogen-bond donors (Lipinski definition) is 2. The van der Waals surface area contributed by atoms with Crippen molar-refractivity contribution in [3.05, 3.63) is 35.1 Å². The topological polar surface area (TPSA) is 55.1 Å². The molecule has 3 nitrogen and oxygen atoms in total. The molecule has 0 radical (unpaired) electrons. The van der Waals surface area contributed by atoms with E-state index in [4.69, 9.17) is 5.73 Å². The second kappa shape index (κ2) is 7.97. The summed E-state index contributed by atoms with van der Waals surface area (Å²) in [7, 11) is 0. The third kappa shape index (κ3) is 5.35. The first-order valence-corrected chi connectivity index (χ1v) is 7.18. The number of nitrogens with two attached hydrogens (primary N) is 1. The molecule has 23 heavy (non-hydrogen) atoms. The molecule has 1 aromatic carbocycles. The summed E-state index contributed by atoms with van der Waals surface area (Å²) in [6.45, 7) is 0.294. The molecule has 2 atom stereocenters. The Hall–Kier alpha value is -1.34. The van der Waals surface area contributed by atoms with E-state index in [1.54, 1.807) is 0 Å². The van der Waals surface area contributed by atoms with Crippen molar-refractivity contribution in [1.82, 2.24) is 5.32 Å². The number of benzene rings is 1. The highest BCUT2D eigenvalue weighted by Crippen LogP contribution is 2.30. The highest BCUT2D eigenvalue weighted by atomic mass is 35.5. The SMILES string of the molecule is Cl.NC1CCCC(CNC(=O)c2cc(C(F)(F)F)ccc2F)C1. The van der Waals surface area contributed by atoms with Gasteiger partial charge in [0.05, 0.1) is 11.1 Å². The molecule has 3 N–H and O–H groups in total. The third-order valence-corrected chi connectivity index (χ3v) is 3.91. The van der Waals surface area contributed by atoms with Crippen molar-refractivity contribution < 1.29 is 22.4 Å². The van der Waals surface area contributed by atoms with Gasteiger partial charge in [-0.1, -0.05) is 6.42 Å². The lowest BCUT2D eigenvalue weighted by molar-refractivity contribution is -0.137. The highest BCUT2D eigenvalue weighted by Gasteiger charge is 2.32. The smallest absolute Gasteiger partial charge is 0.352 e. The maximum Gasteiger partial charge on any atom is 0.416 e. The minimum atomic E-state index is -4.61. The van der Waals surface area contributed by atoms with Gasteiger partial charge in [0.1, 0.15) is 5.82 Å². The first kappa shape index (κ1) is 19.7. The van der Waals surface area contributed by atoms with Gasteiger partial charge in [0.25, 0.3) is 5.91 Å². The Morgan fingerprint density at radius 1 is 1.30 bits per heavy atom. The Kier molecular flexibility index (Phi) is 6.83. The predicted octanol–water partition coefficient (Wildman–Crippen LogP) is 3.51. The second-order valence-corrected chi connectivity index (χ2v) is 5.70. The zero-order valence-electron chi connectivity index (χ0n) is 12.3. The molecule has 1 aromatic rings. The summed E-state index contributed by atoms with van der Waals surface area (Å²) in [5.74, 6) is -1.62. The fourth-order valence-electron chi connectivity index (χ4n) is 2.73. The van der Waals surface area contributed by atoms with E-state index in [2.05, 4.69) is 5.32 Å². The number of hydrogen-bond acceptors (Lipinski definition) is 2. The highest BCUT2D eigenvalue weighted by molar-refractivity contribution is 5.94. The zero-order chi connectivity index (χ0) is 16.3. The molecule has 1 aliphatic rings. The van der Waals surface area contributed by atoms with Gasteiger partial charge in [-0.25, -0.2) is 4.39 Å². The van der Waals surface area contributed by atoms with Crippen molar-refractivity contribution in [3.8, 4) is 0 Å². The molecule has 1 saturated carbocycles. The summed E-state index contributed by atoms with van der Waals surface area (Å²) in [6, 6.07) is 1.90. The van der Waals surface area contributed by atoms with Gasteiger partial charge in [0.2, 0.25) is 0 Å². The quantitative estimate of drug-likeness (QED) is 0.816. The van der Waals surface area contributed by atoms with Gasteiger partial charge in [-0.2, -0.15) is 13.2 Å². The summed E-state index contributed by atoms with van der Waals surface area (Å²) in [6.07, 6.45) is -1.06. The fourth-order valence-corrected chi connectivity index (χ4v) is 2.73. The van der Waals surface area contributed by atoms with Gasteiger partial charge in [0.15, 0.2) is 0 Å². The van der Waals surface area contributed by atoms with E-state index in [-0.39, 0.29) is 24.4 Å². The number of amides is 1. The summed E-state index contributed by atoms with van der Waals surface area (Å²) >= 11 is 0. The van der Waals surface area contributed by atoms with E-state index >= 15 is 0 Å². The van der Waals surface area contributed by atoms with E-state index in [1.165, 1.54) is 0 Å². The molecule has 2 unspecified atom stereocenters. The summed E-state index contributed by atoms with van der Waals surface area (Å²) in [4.78, 5) is 11.9. The number of carbonyl (C=O) groups is 1. The number of halogens is 5. The first-order chi connectivity index (χ1) is 10.3. The molecule has 1 fully saturated rings. The number of alkyl halides is 3. The first-order valence-electron chi connectivity index (χ1n) is 7.18. The molecule has 0 heterocycles. The Labute approximate surface area is 138 Å². The fraction of sp³-hybridized carbons (Fsp3) is 0.533. The number of carbonyl (C=O) groups excluding carboxylic acids is 1. The van der Waals surface area contributed by atoms with Crippen LogP contribution in [0.15, 0.2) is 18.2 Å². The van der Waals surface area contributed by atoms with Gasteiger partial charge < -0.3 is 11.1 Å². The standard InChI is InChI=1S/C15H18F4N2O.ClH/c16-13-5-4-10(15(17,18)19)7-12(13)14(22)21-8-9-2-1-3-11(20)6-9;/h4-5,7,9,11H,1-3,6,8,20H2,(H,21,22);1H. The minimum Gasteiger partial charge on any atom is -0.352 e. The van der Waals surface area contributed by atoms with Gasteiger partial charge in [0, 0.05) is 12.6 Å². The monoisotopic (exact) mass is 354 g/mol. The van der Waals surface area contributed by atoms with Crippen molar-refractivity contribution in [1.29, 1.82) is 0 Å². The molecule has 0 aliphatic heterocycles. The molecule has 2 rings (SSSR count). The molecule has 130 valence electrons. The van der Waals surface area contributed by atoms with Crippen LogP contribution in [0, 0.1) is 11.7 Å². The molecule has 1 amide bonds. The van der Waals surface area contributed by atoms with E-state index in [1.807, 2.05) is 0 Å². The summed E-state index contributed by atoms with van der Waals surface area (Å²) < 4.78 is 51.4. The lowest BCUT2D eigenvalue weighted by Crippen LogP contribution is -2.36. The van der Waals surface area contributed by atoms with Crippen LogP contribution in [0.3, 0.4) is 0 Å². The van der Waals surface area contributed by atoms with Gasteiger partial charge in [-0.05, 0) is 43.4 Å². The van der Waals surface area contributed by atoms with Gasteiger partial charge >= 0.3 is 6.18 Å². The lowest BCUT2D eigenvalue weighted by atomic mass is 9.86. The Bertz CT molecular complexity index is 551. The predicted molar refractivity (Wildman–Crippen MR) is 80.9 cm³/mol. The molecule has 0 spiro atoms. The van der Waals surface area contributed by atoms with E-state index in [9.17, 15) is 22.4 Å². The van der Waals surface area contributed by atoms with E-state index < -0.39 is 29.0 Å². The molecule has 0 aromatic heterocycles. The molecule has 8 heteroatoms. The lowest BCUT2D eigenvalue weighted by Gasteiger charge is -2.26. The van der Waals surface area contributed by atoms with Crippen LogP contribution in [0.2, 0.25) is 0 Å². The van der Waals surface area contributed by atoms with Gasteiger partial charge in [-0.15, -0.1) is 12.4 Å². The van der Waals surface area contributed by atoms with Crippen LogP contribution in [0.25, 0.3) is 0 Å². The van der Waals surface area contributed by atoms with E-state index in [0.29, 0.717) is 24.7 Å². The van der Waals surface area contributed by atoms with Crippen molar-refractivity contribution in [2.75, 3.05) is 6.54 Å². The van der Waals surface area contributed by atoms with Crippen LogP contribution in [-0.2, 0) is 6.18 Å². The molecule has 1 aliphatic carbocycles. The van der Waals surface area contributed by atoms with Crippen LogP contribution in [0.4, 0.5) is 17.6 Å². The van der Waals surface area contributed by atoms with Gasteiger partial charge in [-0.3, -0.25) is 4.79 Å². The van der Waals surface area contributed by atoms with Crippen molar-refractivity contribution >= 4 is 18.3 Å². The maximum atomic E-state index is 13.6. The van der Waals surface area contributed by atoms with E-state index in [0.717, 1.165) is 25.7 Å². The van der Waals surface area contributed by atoms with Crippen molar-refractivity contribution in [2.45, 2.75) is 37.9 Å². The number of nitrogens with one attached hydrogen (secondary N) is 1. The molecular formula is C15H19ClF4N2O. The minimum absolute atomic E-state index is 0. The van der Waals surface area contributed by atoms with Crippen LogP contribution < -0.4 is 11.1 Å². The van der Waals surface area contributed by atoms with Crippen LogP contribution >= 0.6 is 12.4 Å². The average molecular weight is 355 g/mol. The second-order valence-electron chi connectivity index (χ2n) is 5.70. The molecule has 0 saturated heterocycles. The number of rotatable bonds is 3. The average Bonchev–Trinajstić information content (AvgIpc) is 2.44. The van der Waals surface area contributed by atoms with Crippen molar-refractivity contribution in [2.24, 2.45) is 11.7 Å². The Morgan fingerprint density at radius 2 is 2.00 bits per heavy atom. The normalized spacial score (nSPS) is 21.4. The van der Waals surface area contributed by atoms with Crippen LogP contribution in [-0.4, -0.2) is 18.5 Å². The molecule has 0 bridgehead atoms. The van der Waals surface area contributed by atoms with Crippen LogP contribution in [0.5, 0.6) is 0 Å². The maximum absolute atomic E-state index is 13.6. The zero-order valence-corrected chi connectivity index (χ0v) is 13.1. The summed E-state index contributed by atoms with van der Waals surface area (Å²) in [5, 5.41) is 2.51. The molecular weight excluding hydrogens is 336 g/mol. The van der Waals surface area contributed by atoms with Crippen LogP contribution in [0.1, 0.15) is 41.6 Å². The Balaban J connectivity index is 0.00000264. The Morgan fingerprint density at radius 3 is 2.61 bits per heavy atom. The largest absolute Gasteiger partial charge is 0.416 e. The van der Waals surface area contributed by atoms with Crippen molar-refractivity contribution in [3.63, 3.8) is 0 Å². The summed E-state index contributed by atoms with van der Waals surface area (Å²) in [5.41, 5.74) is 4.21.